The van der Waals surface area contributed by atoms with Crippen molar-refractivity contribution < 1.29 is 19.0 Å². The van der Waals surface area contributed by atoms with Crippen LogP contribution >= 0.6 is 11.6 Å². The van der Waals surface area contributed by atoms with Crippen molar-refractivity contribution in [3.05, 3.63) is 35.0 Å². The first-order valence-electron chi connectivity index (χ1n) is 7.68. The molecule has 0 N–H and O–H groups in total. The average Bonchev–Trinajstić information content (AvgIpc) is 3.01. The fourth-order valence-electron chi connectivity index (χ4n) is 2.34. The third-order valence-corrected chi connectivity index (χ3v) is 3.73. The Balaban J connectivity index is 2.56. The second-order valence-electron chi connectivity index (χ2n) is 5.17. The molecule has 0 saturated heterocycles. The highest BCUT2D eigenvalue weighted by atomic mass is 35.5. The summed E-state index contributed by atoms with van der Waals surface area (Å²) in [6.07, 6.45) is 3.48. The van der Waals surface area contributed by atoms with E-state index in [-0.39, 0.29) is 6.79 Å². The quantitative estimate of drug-likeness (QED) is 0.534. The third-order valence-electron chi connectivity index (χ3n) is 3.50. The molecular weight excluding hydrogens is 332 g/mol. The lowest BCUT2D eigenvalue weighted by atomic mass is 10.1. The van der Waals surface area contributed by atoms with Gasteiger partial charge in [-0.05, 0) is 24.6 Å². The Hall–Kier alpha value is -2.05. The second-order valence-corrected chi connectivity index (χ2v) is 5.60. The van der Waals surface area contributed by atoms with Gasteiger partial charge in [0.2, 0.25) is 0 Å². The van der Waals surface area contributed by atoms with Crippen molar-refractivity contribution in [1.29, 1.82) is 0 Å². The molecule has 0 aliphatic carbocycles. The summed E-state index contributed by atoms with van der Waals surface area (Å²) in [5.74, 6) is 0.0770. The molecule has 0 aliphatic rings. The summed E-state index contributed by atoms with van der Waals surface area (Å²) in [6, 6.07) is 5.24. The van der Waals surface area contributed by atoms with Crippen LogP contribution in [0.25, 0.3) is 11.3 Å². The van der Waals surface area contributed by atoms with Crippen LogP contribution in [0.4, 0.5) is 0 Å². The number of aryl methyl sites for hydroxylation is 1. The number of carbonyl (C=O) groups excluding carboxylic acids is 1. The predicted octanol–water partition coefficient (Wildman–Crippen LogP) is 3.77. The van der Waals surface area contributed by atoms with Gasteiger partial charge in [0, 0.05) is 24.2 Å². The fourth-order valence-corrected chi connectivity index (χ4v) is 2.50. The SMILES string of the molecule is CCCCn1ncc(C(=O)OC)c1-c1ccc(Cl)cc1OCOC. The molecule has 1 aromatic heterocycles. The minimum Gasteiger partial charge on any atom is -0.467 e. The number of benzene rings is 1. The van der Waals surface area contributed by atoms with Gasteiger partial charge in [-0.2, -0.15) is 5.10 Å². The van der Waals surface area contributed by atoms with E-state index in [0.717, 1.165) is 12.8 Å². The Morgan fingerprint density at radius 1 is 1.33 bits per heavy atom. The number of carbonyl (C=O) groups is 1. The highest BCUT2D eigenvalue weighted by molar-refractivity contribution is 6.30. The maximum atomic E-state index is 12.1. The predicted molar refractivity (Wildman–Crippen MR) is 91.4 cm³/mol. The highest BCUT2D eigenvalue weighted by Crippen LogP contribution is 2.35. The van der Waals surface area contributed by atoms with Gasteiger partial charge in [-0.1, -0.05) is 24.9 Å². The van der Waals surface area contributed by atoms with E-state index in [1.54, 1.807) is 22.9 Å². The van der Waals surface area contributed by atoms with E-state index < -0.39 is 5.97 Å². The van der Waals surface area contributed by atoms with Gasteiger partial charge in [0.25, 0.3) is 0 Å². The molecule has 2 aromatic rings. The van der Waals surface area contributed by atoms with E-state index in [4.69, 9.17) is 25.8 Å². The summed E-state index contributed by atoms with van der Waals surface area (Å²) in [5, 5.41) is 4.87. The van der Waals surface area contributed by atoms with Gasteiger partial charge in [0.15, 0.2) is 6.79 Å². The molecular formula is C17H21ClN2O4. The number of halogens is 1. The minimum atomic E-state index is -0.444. The van der Waals surface area contributed by atoms with E-state index in [0.29, 0.717) is 34.1 Å². The zero-order valence-corrected chi connectivity index (χ0v) is 14.8. The number of hydrogen-bond acceptors (Lipinski definition) is 5. The van der Waals surface area contributed by atoms with Crippen molar-refractivity contribution >= 4 is 17.6 Å². The van der Waals surface area contributed by atoms with E-state index >= 15 is 0 Å². The van der Waals surface area contributed by atoms with Crippen LogP contribution in [0.1, 0.15) is 30.1 Å². The van der Waals surface area contributed by atoms with E-state index in [1.807, 2.05) is 0 Å². The zero-order chi connectivity index (χ0) is 17.5. The lowest BCUT2D eigenvalue weighted by Crippen LogP contribution is -2.08. The van der Waals surface area contributed by atoms with Crippen LogP contribution < -0.4 is 4.74 Å². The van der Waals surface area contributed by atoms with Crippen LogP contribution in [0.2, 0.25) is 5.02 Å². The first-order valence-corrected chi connectivity index (χ1v) is 8.06. The molecule has 0 fully saturated rings. The smallest absolute Gasteiger partial charge is 0.341 e. The number of esters is 1. The molecule has 0 bridgehead atoms. The van der Waals surface area contributed by atoms with Gasteiger partial charge in [0.1, 0.15) is 11.3 Å². The van der Waals surface area contributed by atoms with Crippen LogP contribution in [-0.2, 0) is 16.0 Å². The van der Waals surface area contributed by atoms with Gasteiger partial charge < -0.3 is 14.2 Å². The van der Waals surface area contributed by atoms with Crippen LogP contribution in [0.3, 0.4) is 0 Å². The monoisotopic (exact) mass is 352 g/mol. The molecule has 130 valence electrons. The molecule has 6 nitrogen and oxygen atoms in total. The standard InChI is InChI=1S/C17H21ClN2O4/c1-4-5-8-20-16(14(10-19-20)17(21)23-3)13-7-6-12(18)9-15(13)24-11-22-2/h6-7,9-10H,4-5,8,11H2,1-3H3. The van der Waals surface area contributed by atoms with Crippen LogP contribution in [0.15, 0.2) is 24.4 Å². The van der Waals surface area contributed by atoms with E-state index in [2.05, 4.69) is 12.0 Å². The Morgan fingerprint density at radius 3 is 2.79 bits per heavy atom. The summed E-state index contributed by atoms with van der Waals surface area (Å²) >= 11 is 6.08. The minimum absolute atomic E-state index is 0.0734. The second kappa shape index (κ2) is 8.70. The summed E-state index contributed by atoms with van der Waals surface area (Å²) < 4.78 is 17.3. The van der Waals surface area contributed by atoms with Gasteiger partial charge in [-0.15, -0.1) is 0 Å². The van der Waals surface area contributed by atoms with E-state index in [9.17, 15) is 4.79 Å². The van der Waals surface area contributed by atoms with E-state index in [1.165, 1.54) is 20.4 Å². The normalized spacial score (nSPS) is 10.7. The maximum absolute atomic E-state index is 12.1. The van der Waals surface area contributed by atoms with Gasteiger partial charge in [-0.25, -0.2) is 4.79 Å². The Kier molecular flexibility index (Phi) is 6.63. The van der Waals surface area contributed by atoms with Crippen LogP contribution in [-0.4, -0.2) is 36.8 Å². The topological polar surface area (TPSA) is 62.6 Å². The molecule has 7 heteroatoms. The van der Waals surface area contributed by atoms with Gasteiger partial charge >= 0.3 is 5.97 Å². The number of aromatic nitrogens is 2. The Morgan fingerprint density at radius 2 is 2.12 bits per heavy atom. The van der Waals surface area contributed by atoms with Crippen molar-refractivity contribution in [3.63, 3.8) is 0 Å². The number of rotatable bonds is 8. The summed E-state index contributed by atoms with van der Waals surface area (Å²) in [7, 11) is 2.88. The number of unbranched alkanes of at least 4 members (excludes halogenated alkanes) is 1. The number of nitrogens with zero attached hydrogens (tertiary/aromatic N) is 2. The zero-order valence-electron chi connectivity index (χ0n) is 14.0. The molecule has 0 saturated carbocycles. The first kappa shape index (κ1) is 18.3. The fraction of sp³-hybridized carbons (Fsp3) is 0.412. The van der Waals surface area contributed by atoms with Crippen LogP contribution in [0.5, 0.6) is 5.75 Å². The Bertz CT molecular complexity index is 700. The van der Waals surface area contributed by atoms with Crippen molar-refractivity contribution in [2.24, 2.45) is 0 Å². The molecule has 0 radical (unpaired) electrons. The van der Waals surface area contributed by atoms with Crippen molar-refractivity contribution in [2.45, 2.75) is 26.3 Å². The lowest BCUT2D eigenvalue weighted by molar-refractivity contribution is 0.0515. The summed E-state index contributed by atoms with van der Waals surface area (Å²) in [5.41, 5.74) is 1.75. The van der Waals surface area contributed by atoms with Crippen molar-refractivity contribution in [1.82, 2.24) is 9.78 Å². The molecule has 24 heavy (non-hydrogen) atoms. The van der Waals surface area contributed by atoms with Crippen molar-refractivity contribution in [2.75, 3.05) is 21.0 Å². The lowest BCUT2D eigenvalue weighted by Gasteiger charge is -2.14. The summed E-state index contributed by atoms with van der Waals surface area (Å²) in [6.45, 7) is 2.86. The number of ether oxygens (including phenoxy) is 3. The molecule has 1 heterocycles. The van der Waals surface area contributed by atoms with Gasteiger partial charge in [0.05, 0.1) is 19.0 Å². The van der Waals surface area contributed by atoms with Crippen molar-refractivity contribution in [3.8, 4) is 17.0 Å². The third kappa shape index (κ3) is 4.07. The van der Waals surface area contributed by atoms with Crippen LogP contribution in [0, 0.1) is 0 Å². The molecule has 0 atom stereocenters. The number of methoxy groups -OCH3 is 2. The largest absolute Gasteiger partial charge is 0.467 e. The van der Waals surface area contributed by atoms with Gasteiger partial charge in [-0.3, -0.25) is 4.68 Å². The summed E-state index contributed by atoms with van der Waals surface area (Å²) in [4.78, 5) is 12.1. The average molecular weight is 353 g/mol. The molecule has 0 spiro atoms. The molecule has 2 rings (SSSR count). The first-order chi connectivity index (χ1) is 11.6. The Labute approximate surface area is 146 Å². The maximum Gasteiger partial charge on any atom is 0.341 e. The molecule has 1 aromatic carbocycles. The highest BCUT2D eigenvalue weighted by Gasteiger charge is 2.22. The number of hydrogen-bond donors (Lipinski definition) is 0. The molecule has 0 amide bonds. The molecule has 0 aliphatic heterocycles. The molecule has 0 unspecified atom stereocenters.